The highest BCUT2D eigenvalue weighted by molar-refractivity contribution is 14.1. The van der Waals surface area contributed by atoms with E-state index in [0.717, 1.165) is 12.1 Å². The number of halogens is 1. The molecule has 0 radical (unpaired) electrons. The lowest BCUT2D eigenvalue weighted by molar-refractivity contribution is -0.384. The lowest BCUT2D eigenvalue weighted by Gasteiger charge is -2.33. The van der Waals surface area contributed by atoms with Gasteiger partial charge < -0.3 is 10.0 Å². The van der Waals surface area contributed by atoms with E-state index < -0.39 is 16.4 Å². The van der Waals surface area contributed by atoms with Crippen LogP contribution in [0.4, 0.5) is 11.4 Å². The number of nitro benzene ring substituents is 1. The standard InChI is InChI=1S/C12H13IN2O4/c1-12(11(16)17)5-2-6-14(12)10-4-3-8(15(18)19)7-9(10)13/h3-4,7H,2,5-6H2,1H3,(H,16,17). The average molecular weight is 376 g/mol. The van der Waals surface area contributed by atoms with Crippen LogP contribution >= 0.6 is 22.6 Å². The molecule has 1 aromatic rings. The molecule has 0 spiro atoms. The third-order valence-electron chi connectivity index (χ3n) is 3.53. The van der Waals surface area contributed by atoms with Crippen molar-refractivity contribution >= 4 is 39.9 Å². The summed E-state index contributed by atoms with van der Waals surface area (Å²) in [5, 5.41) is 20.1. The monoisotopic (exact) mass is 376 g/mol. The molecule has 1 atom stereocenters. The minimum absolute atomic E-state index is 0.0179. The fraction of sp³-hybridized carbons (Fsp3) is 0.417. The summed E-state index contributed by atoms with van der Waals surface area (Å²) in [6.07, 6.45) is 1.38. The van der Waals surface area contributed by atoms with E-state index in [4.69, 9.17) is 0 Å². The zero-order valence-electron chi connectivity index (χ0n) is 10.3. The Morgan fingerprint density at radius 3 is 2.79 bits per heavy atom. The van der Waals surface area contributed by atoms with Crippen molar-refractivity contribution in [2.45, 2.75) is 25.3 Å². The lowest BCUT2D eigenvalue weighted by Crippen LogP contribution is -2.48. The number of rotatable bonds is 3. The molecule has 1 N–H and O–H groups in total. The zero-order valence-corrected chi connectivity index (χ0v) is 12.5. The molecule has 1 aliphatic heterocycles. The number of non-ortho nitro benzene ring substituents is 1. The molecule has 1 aliphatic rings. The number of nitro groups is 1. The Balaban J connectivity index is 2.42. The van der Waals surface area contributed by atoms with Crippen LogP contribution in [0.3, 0.4) is 0 Å². The molecule has 1 heterocycles. The number of carboxylic acids is 1. The van der Waals surface area contributed by atoms with Crippen molar-refractivity contribution in [1.29, 1.82) is 0 Å². The van der Waals surface area contributed by atoms with Gasteiger partial charge in [0.15, 0.2) is 0 Å². The summed E-state index contributed by atoms with van der Waals surface area (Å²) in [5.41, 5.74) is -0.172. The third kappa shape index (κ3) is 2.38. The predicted molar refractivity (Wildman–Crippen MR) is 78.4 cm³/mol. The highest BCUT2D eigenvalue weighted by atomic mass is 127. The van der Waals surface area contributed by atoms with E-state index in [1.807, 2.05) is 27.5 Å². The molecular formula is C12H13IN2O4. The first-order valence-electron chi connectivity index (χ1n) is 5.81. The van der Waals surface area contributed by atoms with Crippen molar-refractivity contribution in [1.82, 2.24) is 0 Å². The summed E-state index contributed by atoms with van der Waals surface area (Å²) >= 11 is 2.01. The highest BCUT2D eigenvalue weighted by Gasteiger charge is 2.44. The van der Waals surface area contributed by atoms with Crippen LogP contribution in [0.5, 0.6) is 0 Å². The molecule has 102 valence electrons. The van der Waals surface area contributed by atoms with Crippen LogP contribution in [0, 0.1) is 13.7 Å². The van der Waals surface area contributed by atoms with E-state index in [-0.39, 0.29) is 5.69 Å². The Morgan fingerprint density at radius 1 is 1.58 bits per heavy atom. The second kappa shape index (κ2) is 4.95. The Labute approximate surface area is 123 Å². The molecule has 1 unspecified atom stereocenters. The van der Waals surface area contributed by atoms with Gasteiger partial charge in [-0.3, -0.25) is 10.1 Å². The van der Waals surface area contributed by atoms with Crippen molar-refractivity contribution in [2.24, 2.45) is 0 Å². The van der Waals surface area contributed by atoms with Crippen LogP contribution < -0.4 is 4.90 Å². The fourth-order valence-corrected chi connectivity index (χ4v) is 3.19. The number of benzene rings is 1. The van der Waals surface area contributed by atoms with Crippen molar-refractivity contribution in [3.8, 4) is 0 Å². The maximum absolute atomic E-state index is 11.4. The maximum atomic E-state index is 11.4. The summed E-state index contributed by atoms with van der Waals surface area (Å²) in [6.45, 7) is 2.34. The second-order valence-electron chi connectivity index (χ2n) is 4.73. The van der Waals surface area contributed by atoms with E-state index >= 15 is 0 Å². The Kier molecular flexibility index (Phi) is 3.66. The first-order chi connectivity index (χ1) is 8.86. The summed E-state index contributed by atoms with van der Waals surface area (Å²) in [6, 6.07) is 4.51. The number of carboxylic acid groups (broad SMARTS) is 1. The van der Waals surface area contributed by atoms with Gasteiger partial charge in [0.25, 0.3) is 5.69 Å². The van der Waals surface area contributed by atoms with Gasteiger partial charge in [-0.15, -0.1) is 0 Å². The molecule has 1 aromatic carbocycles. The van der Waals surface area contributed by atoms with Gasteiger partial charge in [-0.25, -0.2) is 4.79 Å². The molecule has 0 aliphatic carbocycles. The predicted octanol–water partition coefficient (Wildman–Crippen LogP) is 2.64. The fourth-order valence-electron chi connectivity index (χ4n) is 2.40. The van der Waals surface area contributed by atoms with Crippen molar-refractivity contribution < 1.29 is 14.8 Å². The van der Waals surface area contributed by atoms with E-state index in [0.29, 0.717) is 16.5 Å². The normalized spacial score (nSPS) is 22.5. The quantitative estimate of drug-likeness (QED) is 0.498. The van der Waals surface area contributed by atoms with Crippen LogP contribution in [0.15, 0.2) is 18.2 Å². The van der Waals surface area contributed by atoms with Crippen LogP contribution in [0.2, 0.25) is 0 Å². The van der Waals surface area contributed by atoms with E-state index in [2.05, 4.69) is 0 Å². The topological polar surface area (TPSA) is 83.7 Å². The number of aliphatic carboxylic acids is 1. The number of hydrogen-bond donors (Lipinski definition) is 1. The van der Waals surface area contributed by atoms with E-state index in [1.165, 1.54) is 12.1 Å². The van der Waals surface area contributed by atoms with Crippen molar-refractivity contribution in [2.75, 3.05) is 11.4 Å². The molecule has 0 saturated carbocycles. The minimum atomic E-state index is -0.934. The van der Waals surface area contributed by atoms with Gasteiger partial charge in [-0.2, -0.15) is 0 Å². The first-order valence-corrected chi connectivity index (χ1v) is 6.89. The molecule has 7 heteroatoms. The van der Waals surface area contributed by atoms with Gasteiger partial charge in [0.05, 0.1) is 10.6 Å². The molecular weight excluding hydrogens is 363 g/mol. The molecule has 1 saturated heterocycles. The molecule has 0 amide bonds. The average Bonchev–Trinajstić information content (AvgIpc) is 2.72. The summed E-state index contributed by atoms with van der Waals surface area (Å²) in [5.74, 6) is -0.862. The van der Waals surface area contributed by atoms with Gasteiger partial charge in [-0.1, -0.05) is 0 Å². The molecule has 0 aromatic heterocycles. The second-order valence-corrected chi connectivity index (χ2v) is 5.89. The number of carbonyl (C=O) groups is 1. The lowest BCUT2D eigenvalue weighted by atomic mass is 9.99. The van der Waals surface area contributed by atoms with Crippen molar-refractivity contribution in [3.05, 3.63) is 31.9 Å². The Morgan fingerprint density at radius 2 is 2.26 bits per heavy atom. The molecule has 6 nitrogen and oxygen atoms in total. The molecule has 0 bridgehead atoms. The summed E-state index contributed by atoms with van der Waals surface area (Å²) in [4.78, 5) is 23.5. The smallest absolute Gasteiger partial charge is 0.329 e. The van der Waals surface area contributed by atoms with Gasteiger partial charge >= 0.3 is 5.97 Å². The largest absolute Gasteiger partial charge is 0.480 e. The minimum Gasteiger partial charge on any atom is -0.480 e. The van der Waals surface area contributed by atoms with E-state index in [9.17, 15) is 20.0 Å². The van der Waals surface area contributed by atoms with Gasteiger partial charge in [-0.05, 0) is 48.4 Å². The summed E-state index contributed by atoms with van der Waals surface area (Å²) < 4.78 is 0.696. The Hall–Kier alpha value is -1.38. The third-order valence-corrected chi connectivity index (χ3v) is 4.40. The van der Waals surface area contributed by atoms with Gasteiger partial charge in [0, 0.05) is 22.2 Å². The van der Waals surface area contributed by atoms with Crippen LogP contribution in [-0.4, -0.2) is 28.1 Å². The van der Waals surface area contributed by atoms with Gasteiger partial charge in [0.2, 0.25) is 0 Å². The SMILES string of the molecule is CC1(C(=O)O)CCCN1c1ccc([N+](=O)[O-])cc1I. The van der Waals surface area contributed by atoms with Crippen LogP contribution in [0.25, 0.3) is 0 Å². The van der Waals surface area contributed by atoms with Crippen LogP contribution in [0.1, 0.15) is 19.8 Å². The first kappa shape index (κ1) is 14.0. The zero-order chi connectivity index (χ0) is 14.2. The molecule has 19 heavy (non-hydrogen) atoms. The Bertz CT molecular complexity index is 549. The highest BCUT2D eigenvalue weighted by Crippen LogP contribution is 2.37. The maximum Gasteiger partial charge on any atom is 0.329 e. The number of hydrogen-bond acceptors (Lipinski definition) is 4. The molecule has 1 fully saturated rings. The number of nitrogens with zero attached hydrogens (tertiary/aromatic N) is 2. The number of anilines is 1. The van der Waals surface area contributed by atoms with Crippen molar-refractivity contribution in [3.63, 3.8) is 0 Å². The van der Waals surface area contributed by atoms with Gasteiger partial charge in [0.1, 0.15) is 5.54 Å². The van der Waals surface area contributed by atoms with Crippen LogP contribution in [-0.2, 0) is 4.79 Å². The molecule has 2 rings (SSSR count). The van der Waals surface area contributed by atoms with E-state index in [1.54, 1.807) is 13.0 Å². The summed E-state index contributed by atoms with van der Waals surface area (Å²) in [7, 11) is 0.